The van der Waals surface area contributed by atoms with Gasteiger partial charge in [0, 0.05) is 6.21 Å². The van der Waals surface area contributed by atoms with Gasteiger partial charge in [-0.1, -0.05) is 19.1 Å². The van der Waals surface area contributed by atoms with Crippen molar-refractivity contribution in [3.05, 3.63) is 52.0 Å². The van der Waals surface area contributed by atoms with Crippen LogP contribution < -0.4 is 9.47 Å². The summed E-state index contributed by atoms with van der Waals surface area (Å²) in [5, 5.41) is 8.73. The first-order chi connectivity index (χ1) is 11.5. The summed E-state index contributed by atoms with van der Waals surface area (Å²) < 4.78 is 11.1. The summed E-state index contributed by atoms with van der Waals surface area (Å²) in [7, 11) is 1.50. The molecule has 0 saturated heterocycles. The Balaban J connectivity index is 2.22. The second-order valence-corrected chi connectivity index (χ2v) is 5.85. The summed E-state index contributed by atoms with van der Waals surface area (Å²) in [6, 6.07) is 11.6. The number of carboxylic acids is 1. The number of aliphatic carboxylic acids is 1. The zero-order chi connectivity index (χ0) is 17.5. The van der Waals surface area contributed by atoms with Gasteiger partial charge in [0.1, 0.15) is 0 Å². The van der Waals surface area contributed by atoms with E-state index in [0.29, 0.717) is 16.0 Å². The summed E-state index contributed by atoms with van der Waals surface area (Å²) in [6.07, 6.45) is 2.71. The summed E-state index contributed by atoms with van der Waals surface area (Å²) in [6.45, 7) is 1.67. The first kappa shape index (κ1) is 18.0. The summed E-state index contributed by atoms with van der Waals surface area (Å²) >= 11 is 3.37. The monoisotopic (exact) mass is 391 g/mol. The van der Waals surface area contributed by atoms with Crippen molar-refractivity contribution in [3.63, 3.8) is 0 Å². The molecular weight excluding hydrogens is 374 g/mol. The van der Waals surface area contributed by atoms with Crippen LogP contribution in [0.2, 0.25) is 0 Å². The average Bonchev–Trinajstić information content (AvgIpc) is 2.58. The highest BCUT2D eigenvalue weighted by Crippen LogP contribution is 2.36. The van der Waals surface area contributed by atoms with Gasteiger partial charge >= 0.3 is 5.97 Å². The smallest absolute Gasteiger partial charge is 0.341 e. The van der Waals surface area contributed by atoms with Crippen LogP contribution in [0.25, 0.3) is 0 Å². The summed E-state index contributed by atoms with van der Waals surface area (Å²) in [4.78, 5) is 15.1. The van der Waals surface area contributed by atoms with Crippen LogP contribution in [0.15, 0.2) is 45.9 Å². The molecule has 0 aromatic heterocycles. The third-order valence-electron chi connectivity index (χ3n) is 3.30. The van der Waals surface area contributed by atoms with Crippen LogP contribution in [0.5, 0.6) is 11.5 Å². The molecule has 0 amide bonds. The number of benzene rings is 2. The molecule has 2 aromatic rings. The Morgan fingerprint density at radius 1 is 1.29 bits per heavy atom. The molecule has 0 atom stereocenters. The van der Waals surface area contributed by atoms with Gasteiger partial charge in [-0.15, -0.1) is 0 Å². The predicted molar refractivity (Wildman–Crippen MR) is 96.9 cm³/mol. The Bertz CT molecular complexity index is 741. The maximum Gasteiger partial charge on any atom is 0.341 e. The molecule has 126 valence electrons. The minimum absolute atomic E-state index is 0.351. The number of rotatable bonds is 7. The zero-order valence-electron chi connectivity index (χ0n) is 13.5. The zero-order valence-corrected chi connectivity index (χ0v) is 15.0. The molecule has 0 aliphatic rings. The van der Waals surface area contributed by atoms with Gasteiger partial charge in [0.25, 0.3) is 0 Å². The largest absolute Gasteiger partial charge is 0.493 e. The van der Waals surface area contributed by atoms with E-state index >= 15 is 0 Å². The predicted octanol–water partition coefficient (Wildman–Crippen LogP) is 4.23. The van der Waals surface area contributed by atoms with Crippen LogP contribution in [0, 0.1) is 0 Å². The van der Waals surface area contributed by atoms with Gasteiger partial charge < -0.3 is 14.6 Å². The van der Waals surface area contributed by atoms with E-state index < -0.39 is 12.6 Å². The van der Waals surface area contributed by atoms with E-state index in [4.69, 9.17) is 14.6 Å². The molecule has 0 heterocycles. The molecule has 0 unspecified atom stereocenters. The molecule has 0 bridgehead atoms. The van der Waals surface area contributed by atoms with Crippen LogP contribution in [0.3, 0.4) is 0 Å². The van der Waals surface area contributed by atoms with Gasteiger partial charge in [0.05, 0.1) is 17.3 Å². The average molecular weight is 392 g/mol. The van der Waals surface area contributed by atoms with Crippen molar-refractivity contribution in [2.75, 3.05) is 13.7 Å². The molecule has 0 aliphatic heterocycles. The van der Waals surface area contributed by atoms with E-state index in [2.05, 4.69) is 27.8 Å². The van der Waals surface area contributed by atoms with Crippen LogP contribution in [-0.2, 0) is 11.2 Å². The SMILES string of the molecule is CCc1ccc(N=Cc2cc(Br)c(OCC(=O)O)c(OC)c2)cc1. The molecule has 2 aromatic carbocycles. The van der Waals surface area contributed by atoms with Crippen LogP contribution in [0.1, 0.15) is 18.1 Å². The van der Waals surface area contributed by atoms with Gasteiger partial charge in [0.15, 0.2) is 18.1 Å². The number of methoxy groups -OCH3 is 1. The fourth-order valence-corrected chi connectivity index (χ4v) is 2.63. The number of carbonyl (C=O) groups is 1. The molecule has 6 heteroatoms. The quantitative estimate of drug-likeness (QED) is 0.716. The lowest BCUT2D eigenvalue weighted by molar-refractivity contribution is -0.139. The highest BCUT2D eigenvalue weighted by atomic mass is 79.9. The normalized spacial score (nSPS) is 10.8. The molecule has 24 heavy (non-hydrogen) atoms. The van der Waals surface area contributed by atoms with E-state index in [1.165, 1.54) is 12.7 Å². The van der Waals surface area contributed by atoms with Gasteiger partial charge in [-0.3, -0.25) is 4.99 Å². The van der Waals surface area contributed by atoms with Crippen LogP contribution in [-0.4, -0.2) is 31.0 Å². The van der Waals surface area contributed by atoms with E-state index in [0.717, 1.165) is 17.7 Å². The lowest BCUT2D eigenvalue weighted by Crippen LogP contribution is -2.10. The third-order valence-corrected chi connectivity index (χ3v) is 3.89. The fourth-order valence-electron chi connectivity index (χ4n) is 2.06. The van der Waals surface area contributed by atoms with Crippen molar-refractivity contribution in [2.45, 2.75) is 13.3 Å². The Morgan fingerprint density at radius 2 is 2.00 bits per heavy atom. The second-order valence-electron chi connectivity index (χ2n) is 4.99. The van der Waals surface area contributed by atoms with Crippen molar-refractivity contribution < 1.29 is 19.4 Å². The Hall–Kier alpha value is -2.34. The Labute approximate surface area is 149 Å². The first-order valence-corrected chi connectivity index (χ1v) is 8.18. The number of hydrogen-bond acceptors (Lipinski definition) is 4. The topological polar surface area (TPSA) is 68.1 Å². The number of carboxylic acid groups (broad SMARTS) is 1. The number of halogens is 1. The van der Waals surface area contributed by atoms with Gasteiger partial charge in [-0.25, -0.2) is 4.79 Å². The molecule has 0 spiro atoms. The minimum atomic E-state index is -1.05. The highest BCUT2D eigenvalue weighted by Gasteiger charge is 2.12. The van der Waals surface area contributed by atoms with Gasteiger partial charge in [0.2, 0.25) is 0 Å². The molecule has 0 saturated carbocycles. The number of aliphatic imine (C=N–C) groups is 1. The molecule has 0 fully saturated rings. The minimum Gasteiger partial charge on any atom is -0.493 e. The van der Waals surface area contributed by atoms with Crippen molar-refractivity contribution in [1.29, 1.82) is 0 Å². The van der Waals surface area contributed by atoms with E-state index in [1.54, 1.807) is 18.3 Å². The first-order valence-electron chi connectivity index (χ1n) is 7.38. The summed E-state index contributed by atoms with van der Waals surface area (Å²) in [5.41, 5.74) is 2.92. The van der Waals surface area contributed by atoms with Gasteiger partial charge in [-0.2, -0.15) is 0 Å². The summed E-state index contributed by atoms with van der Waals surface area (Å²) in [5.74, 6) is -0.261. The van der Waals surface area contributed by atoms with E-state index in [1.807, 2.05) is 24.3 Å². The van der Waals surface area contributed by atoms with Crippen LogP contribution in [0.4, 0.5) is 5.69 Å². The maximum atomic E-state index is 10.7. The number of aryl methyl sites for hydroxylation is 1. The Kier molecular flexibility index (Phi) is 6.37. The number of ether oxygens (including phenoxy) is 2. The van der Waals surface area contributed by atoms with Crippen molar-refractivity contribution >= 4 is 33.8 Å². The van der Waals surface area contributed by atoms with E-state index in [9.17, 15) is 4.79 Å². The molecular formula is C18H18BrNO4. The second kappa shape index (κ2) is 8.49. The van der Waals surface area contributed by atoms with Crippen molar-refractivity contribution in [1.82, 2.24) is 0 Å². The standard InChI is InChI=1S/C18H18BrNO4/c1-3-12-4-6-14(7-5-12)20-10-13-8-15(19)18(16(9-13)23-2)24-11-17(21)22/h4-10H,3,11H2,1-2H3,(H,21,22). The molecule has 1 N–H and O–H groups in total. The molecule has 2 rings (SSSR count). The lowest BCUT2D eigenvalue weighted by atomic mass is 10.1. The van der Waals surface area contributed by atoms with E-state index in [-0.39, 0.29) is 0 Å². The number of nitrogens with zero attached hydrogens (tertiary/aromatic N) is 1. The molecule has 0 aliphatic carbocycles. The lowest BCUT2D eigenvalue weighted by Gasteiger charge is -2.12. The number of hydrogen-bond donors (Lipinski definition) is 1. The van der Waals surface area contributed by atoms with Crippen molar-refractivity contribution in [2.24, 2.45) is 4.99 Å². The molecule has 0 radical (unpaired) electrons. The maximum absolute atomic E-state index is 10.7. The van der Waals surface area contributed by atoms with Crippen molar-refractivity contribution in [3.8, 4) is 11.5 Å². The van der Waals surface area contributed by atoms with Crippen LogP contribution >= 0.6 is 15.9 Å². The fraction of sp³-hybridized carbons (Fsp3) is 0.222. The Morgan fingerprint density at radius 3 is 2.58 bits per heavy atom. The third kappa shape index (κ3) is 4.83. The highest BCUT2D eigenvalue weighted by molar-refractivity contribution is 9.10. The molecule has 5 nitrogen and oxygen atoms in total. The van der Waals surface area contributed by atoms with Gasteiger partial charge in [-0.05, 0) is 57.7 Å².